The summed E-state index contributed by atoms with van der Waals surface area (Å²) >= 11 is 0. The predicted molar refractivity (Wildman–Crippen MR) is 170 cm³/mol. The van der Waals surface area contributed by atoms with Crippen LogP contribution in [0.25, 0.3) is 11.1 Å². The molecule has 5 rings (SSSR count). The molecule has 50 heavy (non-hydrogen) atoms. The Balaban J connectivity index is 1.49. The summed E-state index contributed by atoms with van der Waals surface area (Å²) in [6.45, 7) is -0.119. The maximum Gasteiger partial charge on any atom is 0.229 e. The summed E-state index contributed by atoms with van der Waals surface area (Å²) in [5, 5.41) is 75.5. The van der Waals surface area contributed by atoms with Crippen molar-refractivity contribution in [2.45, 2.75) is 87.2 Å². The summed E-state index contributed by atoms with van der Waals surface area (Å²) in [6, 6.07) is 5.66. The molecule has 276 valence electrons. The molecule has 2 aromatic carbocycles. The Morgan fingerprint density at radius 3 is 2.10 bits per heavy atom. The lowest BCUT2D eigenvalue weighted by Crippen LogP contribution is -2.65. The minimum Gasteiger partial charge on any atom is -0.493 e. The van der Waals surface area contributed by atoms with Crippen LogP contribution in [0, 0.1) is 0 Å². The van der Waals surface area contributed by atoms with Gasteiger partial charge in [-0.2, -0.15) is 0 Å². The molecule has 3 aliphatic rings. The number of amides is 1. The lowest BCUT2D eigenvalue weighted by atomic mass is 9.95. The van der Waals surface area contributed by atoms with Crippen LogP contribution in [0.2, 0.25) is 0 Å². The van der Waals surface area contributed by atoms with Crippen LogP contribution >= 0.6 is 0 Å². The van der Waals surface area contributed by atoms with Crippen LogP contribution in [0.1, 0.15) is 30.5 Å². The standard InChI is InChI=1S/C33H43NO16/c1-13(37)34-17-7-5-14-9-20(30(45-3)31(46-4)23(14)15-6-8-19(44-2)18(38)10-16(15)17)47-32-28(43)26(41)29(22(12-36)49-32)50-33-27(42)25(40)24(39)21(11-35)48-33/h6,8-10,17,21-22,24-29,32-33,35-36,39-43H,5,7,11-12H2,1-4H3,(H,34,37)/t17-,21+,22+,24+,25-,26+,27+,28+,29+,32+,33-/m0/s1. The highest BCUT2D eigenvalue weighted by molar-refractivity contribution is 5.83. The Kier molecular flexibility index (Phi) is 11.8. The molecular weight excluding hydrogens is 666 g/mol. The van der Waals surface area contributed by atoms with Gasteiger partial charge in [0.25, 0.3) is 0 Å². The van der Waals surface area contributed by atoms with Crippen molar-refractivity contribution >= 4 is 5.91 Å². The Hall–Kier alpha value is -3.62. The third-order valence-electron chi connectivity index (χ3n) is 9.08. The van der Waals surface area contributed by atoms with Gasteiger partial charge in [-0.1, -0.05) is 6.07 Å². The van der Waals surface area contributed by atoms with Crippen LogP contribution in [-0.2, 0) is 25.4 Å². The first-order valence-electron chi connectivity index (χ1n) is 15.9. The molecule has 0 saturated carbocycles. The number of methoxy groups -OCH3 is 3. The van der Waals surface area contributed by atoms with Crippen molar-refractivity contribution in [3.8, 4) is 34.1 Å². The van der Waals surface area contributed by atoms with Crippen LogP contribution in [0.15, 0.2) is 29.1 Å². The highest BCUT2D eigenvalue weighted by Gasteiger charge is 2.51. The smallest absolute Gasteiger partial charge is 0.229 e. The number of benzene rings is 1. The van der Waals surface area contributed by atoms with E-state index in [1.165, 1.54) is 40.4 Å². The minimum atomic E-state index is -1.82. The SMILES string of the molecule is COc1c(O[C@@H]2O[C@H](CO)[C@@H](O[C@@H]3O[C@H](CO)[C@@H](O)[C@H](O)[C@H]3O)[C@H](O)[C@H]2O)cc2c(c1OC)-c1ccc(OC)c(=O)cc1[C@@H](NC(C)=O)CC2. The second-order valence-corrected chi connectivity index (χ2v) is 12.2. The lowest BCUT2D eigenvalue weighted by molar-refractivity contribution is -0.352. The third kappa shape index (κ3) is 7.11. The third-order valence-corrected chi connectivity index (χ3v) is 9.08. The van der Waals surface area contributed by atoms with E-state index in [0.717, 1.165) is 0 Å². The number of rotatable bonds is 10. The van der Waals surface area contributed by atoms with E-state index in [9.17, 15) is 45.3 Å². The largest absolute Gasteiger partial charge is 0.493 e. The van der Waals surface area contributed by atoms with Crippen molar-refractivity contribution in [1.82, 2.24) is 5.32 Å². The molecule has 0 spiro atoms. The van der Waals surface area contributed by atoms with Gasteiger partial charge in [0.05, 0.1) is 40.6 Å². The van der Waals surface area contributed by atoms with Gasteiger partial charge in [-0.3, -0.25) is 9.59 Å². The number of aryl methyl sites for hydroxylation is 1. The predicted octanol–water partition coefficient (Wildman–Crippen LogP) is -2.13. The first-order valence-corrected chi connectivity index (χ1v) is 15.9. The Labute approximate surface area is 286 Å². The normalized spacial score (nSPS) is 32.2. The van der Waals surface area contributed by atoms with E-state index in [0.29, 0.717) is 35.1 Å². The molecule has 1 aliphatic carbocycles. The number of hydrogen-bond acceptors (Lipinski definition) is 16. The Morgan fingerprint density at radius 2 is 1.48 bits per heavy atom. The molecule has 0 aromatic heterocycles. The lowest BCUT2D eigenvalue weighted by Gasteiger charge is -2.45. The molecule has 0 radical (unpaired) electrons. The van der Waals surface area contributed by atoms with E-state index < -0.39 is 86.1 Å². The summed E-state index contributed by atoms with van der Waals surface area (Å²) in [7, 11) is 4.13. The molecule has 0 bridgehead atoms. The van der Waals surface area contributed by atoms with Crippen LogP contribution in [0.4, 0.5) is 0 Å². The first-order chi connectivity index (χ1) is 23.9. The fourth-order valence-electron chi connectivity index (χ4n) is 6.58. The summed E-state index contributed by atoms with van der Waals surface area (Å²) < 4.78 is 39.7. The van der Waals surface area contributed by atoms with Gasteiger partial charge in [0, 0.05) is 12.5 Å². The first kappa shape index (κ1) is 37.6. The number of carbonyl (C=O) groups excluding carboxylic acids is 1. The molecule has 2 heterocycles. The molecule has 0 unspecified atom stereocenters. The number of ether oxygens (including phenoxy) is 7. The average Bonchev–Trinajstić information content (AvgIpc) is 3.34. The maximum absolute atomic E-state index is 13.0. The molecule has 1 amide bonds. The van der Waals surface area contributed by atoms with Crippen LogP contribution in [0.3, 0.4) is 0 Å². The summed E-state index contributed by atoms with van der Waals surface area (Å²) in [6.07, 6.45) is -15.7. The number of nitrogens with one attached hydrogen (secondary N) is 1. The molecule has 2 fully saturated rings. The second kappa shape index (κ2) is 15.7. The van der Waals surface area contributed by atoms with Crippen molar-refractivity contribution in [2.24, 2.45) is 0 Å². The molecule has 17 nitrogen and oxygen atoms in total. The van der Waals surface area contributed by atoms with Gasteiger partial charge in [-0.05, 0) is 47.7 Å². The van der Waals surface area contributed by atoms with Crippen molar-refractivity contribution in [3.63, 3.8) is 0 Å². The van der Waals surface area contributed by atoms with E-state index in [-0.39, 0.29) is 28.9 Å². The summed E-state index contributed by atoms with van der Waals surface area (Å²) in [4.78, 5) is 25.2. The Morgan fingerprint density at radius 1 is 0.820 bits per heavy atom. The monoisotopic (exact) mass is 709 g/mol. The number of fused-ring (bicyclic) bond motifs is 3. The van der Waals surface area contributed by atoms with Gasteiger partial charge in [-0.15, -0.1) is 0 Å². The van der Waals surface area contributed by atoms with Gasteiger partial charge in [0.2, 0.25) is 23.4 Å². The number of aliphatic hydroxyl groups excluding tert-OH is 7. The number of hydrogen-bond donors (Lipinski definition) is 8. The summed E-state index contributed by atoms with van der Waals surface area (Å²) in [5.74, 6) is 0.0468. The Bertz CT molecular complexity index is 1590. The molecule has 11 atom stereocenters. The van der Waals surface area contributed by atoms with Crippen LogP contribution in [-0.4, -0.2) is 138 Å². The molecular formula is C33H43NO16. The van der Waals surface area contributed by atoms with Crippen molar-refractivity contribution in [2.75, 3.05) is 34.5 Å². The average molecular weight is 710 g/mol. The molecule has 8 N–H and O–H groups in total. The van der Waals surface area contributed by atoms with Crippen molar-refractivity contribution in [1.29, 1.82) is 0 Å². The van der Waals surface area contributed by atoms with E-state index in [4.69, 9.17) is 33.2 Å². The van der Waals surface area contributed by atoms with Gasteiger partial charge in [0.1, 0.15) is 48.8 Å². The molecule has 17 heteroatoms. The van der Waals surface area contributed by atoms with Crippen molar-refractivity contribution < 1.29 is 73.7 Å². The zero-order chi connectivity index (χ0) is 36.4. The van der Waals surface area contributed by atoms with Gasteiger partial charge in [0.15, 0.2) is 23.5 Å². The van der Waals surface area contributed by atoms with E-state index >= 15 is 0 Å². The molecule has 2 saturated heterocycles. The fraction of sp³-hybridized carbons (Fsp3) is 0.576. The van der Waals surface area contributed by atoms with E-state index in [2.05, 4.69) is 5.32 Å². The zero-order valence-electron chi connectivity index (χ0n) is 27.8. The van der Waals surface area contributed by atoms with Gasteiger partial charge >= 0.3 is 0 Å². The fourth-order valence-corrected chi connectivity index (χ4v) is 6.58. The zero-order valence-corrected chi connectivity index (χ0v) is 27.8. The second-order valence-electron chi connectivity index (χ2n) is 12.2. The van der Waals surface area contributed by atoms with E-state index in [1.54, 1.807) is 12.1 Å². The topological polar surface area (TPSA) is 252 Å². The van der Waals surface area contributed by atoms with Gasteiger partial charge < -0.3 is 74.2 Å². The van der Waals surface area contributed by atoms with Crippen LogP contribution in [0.5, 0.6) is 23.0 Å². The van der Waals surface area contributed by atoms with Crippen LogP contribution < -0.4 is 29.7 Å². The highest BCUT2D eigenvalue weighted by Crippen LogP contribution is 2.51. The van der Waals surface area contributed by atoms with Crippen molar-refractivity contribution in [3.05, 3.63) is 45.6 Å². The number of carbonyl (C=O) groups is 1. The number of aliphatic hydroxyl groups is 7. The van der Waals surface area contributed by atoms with E-state index in [1.807, 2.05) is 0 Å². The molecule has 2 aliphatic heterocycles. The summed E-state index contributed by atoms with van der Waals surface area (Å²) in [5.41, 5.74) is 1.87. The quantitative estimate of drug-likeness (QED) is 0.131. The highest BCUT2D eigenvalue weighted by atomic mass is 16.7. The molecule has 2 aromatic rings. The van der Waals surface area contributed by atoms with Gasteiger partial charge in [-0.25, -0.2) is 0 Å². The maximum atomic E-state index is 13.0. The minimum absolute atomic E-state index is 0.0197.